The minimum atomic E-state index is -0.843. The number of carbonyl (C=O) groups excluding carboxylic acids is 1. The second kappa shape index (κ2) is 8.58. The first kappa shape index (κ1) is 20.6. The van der Waals surface area contributed by atoms with Crippen LogP contribution in [0.3, 0.4) is 0 Å². The largest absolute Gasteiger partial charge is 0.388 e. The third-order valence-corrected chi connectivity index (χ3v) is 5.89. The van der Waals surface area contributed by atoms with E-state index in [1.807, 2.05) is 42.3 Å². The number of nitrogens with zero attached hydrogens (tertiary/aromatic N) is 2. The number of H-pyrrole nitrogens is 1. The molecular weight excluding hydrogens is 381 g/mol. The third kappa shape index (κ3) is 4.71. The van der Waals surface area contributed by atoms with E-state index >= 15 is 0 Å². The smallest absolute Gasteiger partial charge is 0.270 e. The molecule has 3 aromatic rings. The summed E-state index contributed by atoms with van der Waals surface area (Å²) in [6.07, 6.45) is 1.94. The molecule has 4 rings (SSSR count). The summed E-state index contributed by atoms with van der Waals surface area (Å²) >= 11 is 0. The van der Waals surface area contributed by atoms with Crippen molar-refractivity contribution < 1.29 is 14.3 Å². The Kier molecular flexibility index (Phi) is 5.88. The normalized spacial score (nSPS) is 19.9. The highest BCUT2D eigenvalue weighted by Gasteiger charge is 2.33. The molecule has 1 amide bonds. The number of halogens is 1. The molecular formula is C24H28FN3O2. The van der Waals surface area contributed by atoms with Gasteiger partial charge in [-0.2, -0.15) is 0 Å². The molecule has 0 bridgehead atoms. The summed E-state index contributed by atoms with van der Waals surface area (Å²) in [5.41, 5.74) is 1.71. The van der Waals surface area contributed by atoms with Gasteiger partial charge in [-0.25, -0.2) is 4.39 Å². The van der Waals surface area contributed by atoms with Gasteiger partial charge in [0.2, 0.25) is 0 Å². The van der Waals surface area contributed by atoms with E-state index in [0.29, 0.717) is 44.7 Å². The van der Waals surface area contributed by atoms with Gasteiger partial charge in [-0.3, -0.25) is 9.69 Å². The molecule has 0 saturated carbocycles. The fourth-order valence-corrected chi connectivity index (χ4v) is 4.36. The molecule has 1 atom stereocenters. The van der Waals surface area contributed by atoms with Crippen LogP contribution in [0.4, 0.5) is 4.39 Å². The van der Waals surface area contributed by atoms with E-state index in [4.69, 9.17) is 0 Å². The van der Waals surface area contributed by atoms with Crippen LogP contribution in [0.25, 0.3) is 10.9 Å². The summed E-state index contributed by atoms with van der Waals surface area (Å²) in [5.74, 6) is -0.265. The molecule has 2 N–H and O–H groups in total. The molecule has 1 unspecified atom stereocenters. The van der Waals surface area contributed by atoms with Crippen LogP contribution in [-0.4, -0.2) is 58.1 Å². The summed E-state index contributed by atoms with van der Waals surface area (Å²) in [4.78, 5) is 20.1. The summed E-state index contributed by atoms with van der Waals surface area (Å²) in [7, 11) is 1.96. The first-order valence-corrected chi connectivity index (χ1v) is 10.4. The van der Waals surface area contributed by atoms with Crippen LogP contribution in [-0.2, 0) is 6.54 Å². The Balaban J connectivity index is 1.37. The average Bonchev–Trinajstić information content (AvgIpc) is 3.06. The van der Waals surface area contributed by atoms with Gasteiger partial charge in [0.05, 0.1) is 5.60 Å². The Labute approximate surface area is 176 Å². The lowest BCUT2D eigenvalue weighted by Gasteiger charge is -2.31. The van der Waals surface area contributed by atoms with E-state index in [2.05, 4.69) is 9.88 Å². The molecule has 0 spiro atoms. The lowest BCUT2D eigenvalue weighted by atomic mass is 9.94. The van der Waals surface area contributed by atoms with E-state index in [-0.39, 0.29) is 11.7 Å². The predicted molar refractivity (Wildman–Crippen MR) is 116 cm³/mol. The number of likely N-dealkylation sites (tertiary alicyclic amines) is 1. The fourth-order valence-electron chi connectivity index (χ4n) is 4.36. The molecule has 158 valence electrons. The molecule has 1 fully saturated rings. The quantitative estimate of drug-likeness (QED) is 0.674. The predicted octanol–water partition coefficient (Wildman–Crippen LogP) is 3.80. The van der Waals surface area contributed by atoms with E-state index in [9.17, 15) is 14.3 Å². The number of benzene rings is 2. The average molecular weight is 410 g/mol. The first-order chi connectivity index (χ1) is 14.4. The number of aliphatic hydroxyl groups is 1. The molecule has 0 aliphatic carbocycles. The van der Waals surface area contributed by atoms with Crippen LogP contribution >= 0.6 is 0 Å². The van der Waals surface area contributed by atoms with Crippen LogP contribution < -0.4 is 0 Å². The zero-order chi connectivity index (χ0) is 21.1. The number of hydrogen-bond acceptors (Lipinski definition) is 3. The monoisotopic (exact) mass is 409 g/mol. The number of fused-ring (bicyclic) bond motifs is 1. The lowest BCUT2D eigenvalue weighted by Crippen LogP contribution is -2.42. The van der Waals surface area contributed by atoms with Gasteiger partial charge in [0.25, 0.3) is 5.91 Å². The topological polar surface area (TPSA) is 59.6 Å². The van der Waals surface area contributed by atoms with Crippen LogP contribution in [0.5, 0.6) is 0 Å². The van der Waals surface area contributed by atoms with Crippen molar-refractivity contribution in [2.75, 3.05) is 26.7 Å². The Hall–Kier alpha value is -2.70. The Morgan fingerprint density at radius 3 is 2.70 bits per heavy atom. The molecule has 0 radical (unpaired) electrons. The van der Waals surface area contributed by atoms with Crippen molar-refractivity contribution in [2.45, 2.75) is 31.4 Å². The zero-order valence-corrected chi connectivity index (χ0v) is 17.3. The van der Waals surface area contributed by atoms with Crippen LogP contribution in [0, 0.1) is 5.82 Å². The van der Waals surface area contributed by atoms with E-state index in [0.717, 1.165) is 22.9 Å². The number of carbonyl (C=O) groups is 1. The van der Waals surface area contributed by atoms with Gasteiger partial charge >= 0.3 is 0 Å². The maximum absolute atomic E-state index is 13.1. The second-order valence-electron chi connectivity index (χ2n) is 8.44. The fraction of sp³-hybridized carbons (Fsp3) is 0.375. The molecule has 1 aliphatic heterocycles. The standard InChI is InChI=1S/C24H28FN3O2/c1-27(16-18-7-9-20(25)10-8-18)17-24(30)11-4-13-28(14-12-24)23(29)22-15-19-5-2-3-6-21(19)26-22/h2-3,5-10,15,26,30H,4,11-14,16-17H2,1H3. The second-order valence-corrected chi connectivity index (χ2v) is 8.44. The Bertz CT molecular complexity index is 984. The highest BCUT2D eigenvalue weighted by Crippen LogP contribution is 2.25. The van der Waals surface area contributed by atoms with Crippen molar-refractivity contribution in [1.82, 2.24) is 14.8 Å². The van der Waals surface area contributed by atoms with Crippen LogP contribution in [0.2, 0.25) is 0 Å². The van der Waals surface area contributed by atoms with Gasteiger partial charge in [0.15, 0.2) is 0 Å². The van der Waals surface area contributed by atoms with Crippen molar-refractivity contribution in [3.05, 3.63) is 71.7 Å². The highest BCUT2D eigenvalue weighted by molar-refractivity contribution is 5.98. The number of aromatic nitrogens is 1. The highest BCUT2D eigenvalue weighted by atomic mass is 19.1. The summed E-state index contributed by atoms with van der Waals surface area (Å²) < 4.78 is 13.1. The summed E-state index contributed by atoms with van der Waals surface area (Å²) in [6.45, 7) is 2.31. The van der Waals surface area contributed by atoms with Crippen LogP contribution in [0.15, 0.2) is 54.6 Å². The summed E-state index contributed by atoms with van der Waals surface area (Å²) in [6, 6.07) is 16.2. The molecule has 2 heterocycles. The van der Waals surface area contributed by atoms with Crippen molar-refractivity contribution >= 4 is 16.8 Å². The number of para-hydroxylation sites is 1. The molecule has 30 heavy (non-hydrogen) atoms. The SMILES string of the molecule is CN(Cc1ccc(F)cc1)CC1(O)CCCN(C(=O)c2cc3ccccc3[nH]2)CC1. The molecule has 1 aliphatic rings. The van der Waals surface area contributed by atoms with Crippen molar-refractivity contribution in [1.29, 1.82) is 0 Å². The van der Waals surface area contributed by atoms with E-state index in [1.54, 1.807) is 12.1 Å². The number of rotatable bonds is 5. The molecule has 1 saturated heterocycles. The number of likely N-dealkylation sites (N-methyl/N-ethyl adjacent to an activating group) is 1. The molecule has 6 heteroatoms. The maximum atomic E-state index is 13.1. The minimum Gasteiger partial charge on any atom is -0.388 e. The minimum absolute atomic E-state index is 0.0184. The lowest BCUT2D eigenvalue weighted by molar-refractivity contribution is -0.00402. The number of nitrogens with one attached hydrogen (secondary N) is 1. The van der Waals surface area contributed by atoms with Crippen molar-refractivity contribution in [3.8, 4) is 0 Å². The number of amides is 1. The molecule has 2 aromatic carbocycles. The first-order valence-electron chi connectivity index (χ1n) is 10.4. The Morgan fingerprint density at radius 2 is 1.93 bits per heavy atom. The van der Waals surface area contributed by atoms with Gasteiger partial charge < -0.3 is 15.0 Å². The van der Waals surface area contributed by atoms with Gasteiger partial charge in [0, 0.05) is 37.1 Å². The molecule has 1 aromatic heterocycles. The van der Waals surface area contributed by atoms with E-state index < -0.39 is 5.60 Å². The van der Waals surface area contributed by atoms with Crippen molar-refractivity contribution in [2.24, 2.45) is 0 Å². The van der Waals surface area contributed by atoms with Crippen molar-refractivity contribution in [3.63, 3.8) is 0 Å². The van der Waals surface area contributed by atoms with Crippen LogP contribution in [0.1, 0.15) is 35.3 Å². The van der Waals surface area contributed by atoms with Gasteiger partial charge in [-0.1, -0.05) is 30.3 Å². The van der Waals surface area contributed by atoms with Gasteiger partial charge in [0.1, 0.15) is 11.5 Å². The van der Waals surface area contributed by atoms with E-state index in [1.165, 1.54) is 12.1 Å². The Morgan fingerprint density at radius 1 is 1.17 bits per heavy atom. The number of aromatic amines is 1. The van der Waals surface area contributed by atoms with Gasteiger partial charge in [-0.15, -0.1) is 0 Å². The third-order valence-electron chi connectivity index (χ3n) is 5.89. The summed E-state index contributed by atoms with van der Waals surface area (Å²) in [5, 5.41) is 12.2. The maximum Gasteiger partial charge on any atom is 0.270 e. The molecule has 5 nitrogen and oxygen atoms in total. The zero-order valence-electron chi connectivity index (χ0n) is 17.3. The number of hydrogen-bond donors (Lipinski definition) is 2. The van der Waals surface area contributed by atoms with Gasteiger partial charge in [-0.05, 0) is 56.1 Å².